The molecule has 0 spiro atoms. The van der Waals surface area contributed by atoms with Crippen molar-refractivity contribution in [3.8, 4) is 56.3 Å². The van der Waals surface area contributed by atoms with Gasteiger partial charge in [0.05, 0.1) is 0 Å². The maximum Gasteiger partial charge on any atom is 0.212 e. The summed E-state index contributed by atoms with van der Waals surface area (Å²) in [6.45, 7) is 10.9. The van der Waals surface area contributed by atoms with E-state index in [1.807, 2.05) is 146 Å². The van der Waals surface area contributed by atoms with Crippen molar-refractivity contribution in [3.05, 3.63) is 266 Å². The lowest BCUT2D eigenvalue weighted by atomic mass is 9.92. The smallest absolute Gasteiger partial charge is 0.201 e. The maximum atomic E-state index is 8.87. The van der Waals surface area contributed by atoms with E-state index >= 15 is 0 Å². The average molecular weight is 1270 g/mol. The van der Waals surface area contributed by atoms with Gasteiger partial charge >= 0.3 is 0 Å². The molecule has 5 heteroatoms. The van der Waals surface area contributed by atoms with Gasteiger partial charge in [0.25, 0.3) is 0 Å². The minimum absolute atomic E-state index is 0.0554. The zero-order valence-corrected chi connectivity index (χ0v) is 58.8. The van der Waals surface area contributed by atoms with Crippen molar-refractivity contribution in [1.29, 1.82) is 0 Å². The normalized spacial score (nSPS) is 16.7. The Kier molecular flexibility index (Phi) is 18.4. The zero-order chi connectivity index (χ0) is 82.3. The van der Waals surface area contributed by atoms with E-state index in [0.717, 1.165) is 135 Å². The molecule has 490 valence electrons. The molecule has 94 heavy (non-hydrogen) atoms. The Balaban J connectivity index is 0.000000174. The van der Waals surface area contributed by atoms with Crippen LogP contribution in [-0.4, -0.2) is 0 Å². The topological polar surface area (TPSA) is 19.4 Å². The Bertz CT molecular complexity index is 4890. The van der Waals surface area contributed by atoms with Crippen LogP contribution < -0.4 is 22.8 Å². The molecule has 2 saturated carbocycles. The number of hydrogen-bond donors (Lipinski definition) is 0. The summed E-state index contributed by atoms with van der Waals surface area (Å²) in [5, 5.41) is 0. The number of aryl methyl sites for hydroxylation is 17. The second-order valence-electron chi connectivity index (χ2n) is 26.1. The molecule has 10 aromatic rings. The van der Waals surface area contributed by atoms with Crippen molar-refractivity contribution in [3.63, 3.8) is 0 Å². The van der Waals surface area contributed by atoms with Crippen LogP contribution in [0.2, 0.25) is 0 Å². The van der Waals surface area contributed by atoms with Gasteiger partial charge in [-0.05, 0) is 217 Å². The third-order valence-electron chi connectivity index (χ3n) is 18.6. The van der Waals surface area contributed by atoms with E-state index in [-0.39, 0.29) is 11.1 Å². The number of rotatable bonds is 12. The van der Waals surface area contributed by atoms with E-state index < -0.39 is 46.0 Å². The largest absolute Gasteiger partial charge is 0.212 e. The fourth-order valence-electron chi connectivity index (χ4n) is 13.3. The van der Waals surface area contributed by atoms with Crippen LogP contribution in [0.4, 0.5) is 0 Å². The van der Waals surface area contributed by atoms with Gasteiger partial charge in [0, 0.05) is 109 Å². The second kappa shape index (κ2) is 33.8. The highest BCUT2D eigenvalue weighted by atomic mass is 14.9. The van der Waals surface area contributed by atoms with Crippen molar-refractivity contribution >= 4 is 0 Å². The summed E-state index contributed by atoms with van der Waals surface area (Å²) in [6, 6.07) is 50.4. The summed E-state index contributed by atoms with van der Waals surface area (Å²) >= 11 is 0. The molecule has 0 atom stereocenters. The second-order valence-corrected chi connectivity index (χ2v) is 26.1. The van der Waals surface area contributed by atoms with Gasteiger partial charge in [-0.2, -0.15) is 0 Å². The number of hydrogen-bond acceptors (Lipinski definition) is 0. The van der Waals surface area contributed by atoms with Gasteiger partial charge in [-0.15, -0.1) is 0 Å². The number of nitrogens with zero attached hydrogens (tertiary/aromatic N) is 5. The molecule has 5 nitrogen and oxygen atoms in total. The Morgan fingerprint density at radius 3 is 1.04 bits per heavy atom. The fourth-order valence-corrected chi connectivity index (χ4v) is 13.3. The highest BCUT2D eigenvalue weighted by molar-refractivity contribution is 5.65. The van der Waals surface area contributed by atoms with Crippen LogP contribution in [0.15, 0.2) is 183 Å². The number of pyridine rings is 5. The summed E-state index contributed by atoms with van der Waals surface area (Å²) in [7, 11) is 9.54. The quantitative estimate of drug-likeness (QED) is 0.109. The third-order valence-corrected chi connectivity index (χ3v) is 18.6. The number of aromatic nitrogens is 5. The number of benzene rings is 5. The Morgan fingerprint density at radius 2 is 0.681 bits per heavy atom. The van der Waals surface area contributed by atoms with Crippen molar-refractivity contribution < 1.29 is 46.1 Å². The van der Waals surface area contributed by atoms with Crippen LogP contribution in [0.25, 0.3) is 56.3 Å². The SMILES string of the molecule is [2H]C([2H])(C)c1cc(-c2ccccc2C)[n+](C)cc1CC.[2H]C([2H])([2H])c1c[n+](C)c(-c2ccccc2C)cc1C([2H])([2H])C.[2H]C([2H])([2H])c1c[n+](C)c(-c2ccccc2C)cc1C1([2H])CCCC1.[2H]C([2H])([2H])c1c[n+](C)c(-c2ccccc2C)cc1C1CCCC1.[2H]C([2H])([2H])c1c[n+](C)c(-c2ccccc2C)cc1CC(C)C. The van der Waals surface area contributed by atoms with Crippen LogP contribution >= 0.6 is 0 Å². The highest BCUT2D eigenvalue weighted by Crippen LogP contribution is 2.39. The predicted octanol–water partition coefficient (Wildman–Crippen LogP) is 19.9. The summed E-state index contributed by atoms with van der Waals surface area (Å²) in [5.74, 6) is 0.0167. The Labute approximate surface area is 592 Å². The third kappa shape index (κ3) is 18.0. The molecule has 2 aliphatic carbocycles. The molecule has 0 unspecified atom stereocenters. The minimum Gasteiger partial charge on any atom is -0.201 e. The van der Waals surface area contributed by atoms with Gasteiger partial charge < -0.3 is 0 Å². The molecule has 0 bridgehead atoms. The van der Waals surface area contributed by atoms with Gasteiger partial charge in [0.1, 0.15) is 35.2 Å². The maximum absolute atomic E-state index is 8.87. The van der Waals surface area contributed by atoms with Gasteiger partial charge in [0.15, 0.2) is 31.0 Å². The van der Waals surface area contributed by atoms with Gasteiger partial charge in [-0.25, -0.2) is 22.8 Å². The summed E-state index contributed by atoms with van der Waals surface area (Å²) in [4.78, 5) is 0. The highest BCUT2D eigenvalue weighted by Gasteiger charge is 2.26. The Morgan fingerprint density at radius 1 is 0.372 bits per heavy atom. The van der Waals surface area contributed by atoms with Crippen molar-refractivity contribution in [1.82, 2.24) is 0 Å². The molecule has 0 N–H and O–H groups in total. The lowest BCUT2D eigenvalue weighted by molar-refractivity contribution is -0.661. The lowest BCUT2D eigenvalue weighted by Crippen LogP contribution is -2.32. The minimum atomic E-state index is -2.35. The molecule has 2 aliphatic rings. The zero-order valence-electron chi connectivity index (χ0n) is 75.8. The van der Waals surface area contributed by atoms with Crippen LogP contribution in [0.3, 0.4) is 0 Å². The van der Waals surface area contributed by atoms with E-state index in [2.05, 4.69) is 114 Å². The first kappa shape index (κ1) is 51.2. The van der Waals surface area contributed by atoms with Gasteiger partial charge in [-0.1, -0.05) is 151 Å². The molecule has 0 aliphatic heterocycles. The Hall–Kier alpha value is -8.15. The summed E-state index contributed by atoms with van der Waals surface area (Å²) < 4.78 is 144. The molecular weight excluding hydrogens is 1140 g/mol. The fraction of sp³-hybridized carbons (Fsp3) is 0.382. The molecule has 2 fully saturated rings. The van der Waals surface area contributed by atoms with Crippen molar-refractivity contribution in [2.45, 2.75) is 185 Å². The molecular formula is C89H114N5+5. The standard InChI is InChI=1S/2C19H24N.C18H24N.C17H22N.C16H20N/c2*1-14-8-4-7-11-17(14)19-12-18(15(2)13-20(19)3)16-9-5-6-10-16;1-13(2)10-16-11-18(19(5)12-15(16)4)17-9-7-6-8-14(17)3;1-5-14-11-17(18(4)12-15(14)6-2)16-10-8-7-9-13(16)3;1-5-14-10-16(17(4)11-13(14)3)15-9-7-6-8-12(15)2/h2*4,7-8,11-13,16H,5-6,9-10H2,1-3H3;6-9,11-13H,10H2,1-5H3;7-12H,5-6H2,1-4H3;6-11H,5H2,1-4H3/q5*+1/i2D3,16D;2D3;4D3;5D2;3D3,5D2. The van der Waals surface area contributed by atoms with E-state index in [1.54, 1.807) is 37.0 Å². The first-order valence-corrected chi connectivity index (χ1v) is 33.7. The first-order valence-electron chi connectivity index (χ1n) is 42.2. The van der Waals surface area contributed by atoms with Crippen LogP contribution in [0.5, 0.6) is 0 Å². The molecule has 5 aromatic carbocycles. The molecule has 12 rings (SSSR count). The molecule has 0 saturated heterocycles. The monoisotopic (exact) mass is 1270 g/mol. The molecule has 0 radical (unpaired) electrons. The first-order chi connectivity index (χ1) is 51.7. The predicted molar refractivity (Wildman–Crippen MR) is 397 cm³/mol. The van der Waals surface area contributed by atoms with E-state index in [0.29, 0.717) is 34.1 Å². The summed E-state index contributed by atoms with van der Waals surface area (Å²) in [6.07, 6.45) is 15.5. The van der Waals surface area contributed by atoms with E-state index in [4.69, 9.17) is 23.3 Å². The van der Waals surface area contributed by atoms with Crippen LogP contribution in [0, 0.1) is 67.9 Å². The summed E-state index contributed by atoms with van der Waals surface area (Å²) in [5.41, 5.74) is 22.3. The van der Waals surface area contributed by atoms with E-state index in [1.165, 1.54) is 48.2 Å². The lowest BCUT2D eigenvalue weighted by Gasteiger charge is -2.14. The molecule has 0 amide bonds. The average Bonchev–Trinajstić information content (AvgIpc) is 1.32. The van der Waals surface area contributed by atoms with Crippen LogP contribution in [-0.2, 0) is 60.8 Å². The molecule has 5 aromatic heterocycles. The van der Waals surface area contributed by atoms with Crippen molar-refractivity contribution in [2.24, 2.45) is 41.2 Å². The van der Waals surface area contributed by atoms with Crippen LogP contribution in [0.1, 0.15) is 205 Å². The van der Waals surface area contributed by atoms with Gasteiger partial charge in [0.2, 0.25) is 28.5 Å². The van der Waals surface area contributed by atoms with Gasteiger partial charge in [-0.3, -0.25) is 0 Å². The molecule has 5 heterocycles. The van der Waals surface area contributed by atoms with Crippen molar-refractivity contribution in [2.75, 3.05) is 0 Å². The van der Waals surface area contributed by atoms with E-state index in [9.17, 15) is 0 Å².